The van der Waals surface area contributed by atoms with Gasteiger partial charge >= 0.3 is 12.3 Å². The largest absolute Gasteiger partial charge is 0.497 e. The number of amides is 1. The summed E-state index contributed by atoms with van der Waals surface area (Å²) in [6.07, 6.45) is -3.05. The second-order valence-corrected chi connectivity index (χ2v) is 6.47. The zero-order valence-electron chi connectivity index (χ0n) is 13.8. The van der Waals surface area contributed by atoms with Crippen molar-refractivity contribution in [1.29, 1.82) is 0 Å². The number of aromatic nitrogens is 1. The third kappa shape index (κ3) is 4.18. The van der Waals surface area contributed by atoms with Gasteiger partial charge < -0.3 is 9.47 Å². The second-order valence-electron chi connectivity index (χ2n) is 6.47. The number of halogens is 3. The van der Waals surface area contributed by atoms with Gasteiger partial charge in [0.05, 0.1) is 17.3 Å². The van der Waals surface area contributed by atoms with Crippen molar-refractivity contribution in [2.75, 3.05) is 6.61 Å². The van der Waals surface area contributed by atoms with Gasteiger partial charge in [0, 0.05) is 6.20 Å². The summed E-state index contributed by atoms with van der Waals surface area (Å²) in [6.45, 7) is 7.20. The van der Waals surface area contributed by atoms with Crippen molar-refractivity contribution in [3.05, 3.63) is 35.8 Å². The maximum Gasteiger partial charge on any atom is 0.417 e. The third-order valence-electron chi connectivity index (χ3n) is 3.18. The predicted molar refractivity (Wildman–Crippen MR) is 80.7 cm³/mol. The van der Waals surface area contributed by atoms with E-state index in [-0.39, 0.29) is 24.0 Å². The lowest BCUT2D eigenvalue weighted by Gasteiger charge is -2.35. The Morgan fingerprint density at radius 1 is 1.33 bits per heavy atom. The molecule has 1 unspecified atom stereocenters. The highest BCUT2D eigenvalue weighted by atomic mass is 19.4. The Morgan fingerprint density at radius 2 is 2.00 bits per heavy atom. The summed E-state index contributed by atoms with van der Waals surface area (Å²) in [6, 6.07) is 1.77. The molecule has 0 N–H and O–H groups in total. The lowest BCUT2D eigenvalue weighted by Crippen LogP contribution is -2.44. The maximum absolute atomic E-state index is 12.7. The minimum atomic E-state index is -4.47. The molecule has 0 aliphatic carbocycles. The molecule has 1 amide bonds. The van der Waals surface area contributed by atoms with E-state index in [0.717, 1.165) is 12.3 Å². The first-order valence-electron chi connectivity index (χ1n) is 7.36. The fourth-order valence-electron chi connectivity index (χ4n) is 2.12. The van der Waals surface area contributed by atoms with Gasteiger partial charge in [0.2, 0.25) is 0 Å². The number of pyridine rings is 1. The molecule has 0 spiro atoms. The quantitative estimate of drug-likeness (QED) is 0.771. The van der Waals surface area contributed by atoms with E-state index >= 15 is 0 Å². The Bertz CT molecular complexity index is 633. The van der Waals surface area contributed by atoms with Gasteiger partial charge in [-0.15, -0.1) is 0 Å². The standard InChI is InChI=1S/C16H19F3N2O3/c1-10-8-23-9-13(21(10)14(22)24-15(2,3)4)12-6-5-11(7-20-12)16(17,18)19/h5-7,9-10H,8H2,1-4H3. The molecule has 1 aromatic heterocycles. The smallest absolute Gasteiger partial charge is 0.417 e. The molecule has 8 heteroatoms. The minimum Gasteiger partial charge on any atom is -0.497 e. The van der Waals surface area contributed by atoms with Gasteiger partial charge in [-0.1, -0.05) is 0 Å². The molecule has 1 aliphatic heterocycles. The Labute approximate surface area is 138 Å². The molecule has 24 heavy (non-hydrogen) atoms. The van der Waals surface area contributed by atoms with Crippen molar-refractivity contribution >= 4 is 11.8 Å². The number of ether oxygens (including phenoxy) is 2. The van der Waals surface area contributed by atoms with E-state index in [0.29, 0.717) is 0 Å². The maximum atomic E-state index is 12.7. The molecule has 2 heterocycles. The van der Waals surface area contributed by atoms with Crippen molar-refractivity contribution in [1.82, 2.24) is 9.88 Å². The van der Waals surface area contributed by atoms with Crippen LogP contribution in [-0.2, 0) is 15.7 Å². The minimum absolute atomic E-state index is 0.195. The molecule has 0 saturated carbocycles. The molecule has 5 nitrogen and oxygen atoms in total. The first-order valence-corrected chi connectivity index (χ1v) is 7.36. The molecule has 132 valence electrons. The first kappa shape index (κ1) is 18.1. The van der Waals surface area contributed by atoms with Crippen molar-refractivity contribution < 1.29 is 27.4 Å². The Balaban J connectivity index is 2.32. The van der Waals surface area contributed by atoms with Gasteiger partial charge in [-0.3, -0.25) is 9.88 Å². The molecule has 1 aromatic rings. The van der Waals surface area contributed by atoms with Crippen LogP contribution in [0.2, 0.25) is 0 Å². The van der Waals surface area contributed by atoms with Crippen LogP contribution in [0.5, 0.6) is 0 Å². The third-order valence-corrected chi connectivity index (χ3v) is 3.18. The van der Waals surface area contributed by atoms with Gasteiger partial charge in [0.1, 0.15) is 24.2 Å². The average Bonchev–Trinajstić information content (AvgIpc) is 2.44. The van der Waals surface area contributed by atoms with E-state index in [9.17, 15) is 18.0 Å². The summed E-state index contributed by atoms with van der Waals surface area (Å²) in [7, 11) is 0. The van der Waals surface area contributed by atoms with Crippen molar-refractivity contribution in [2.24, 2.45) is 0 Å². The van der Waals surface area contributed by atoms with Crippen LogP contribution < -0.4 is 0 Å². The summed E-state index contributed by atoms with van der Waals surface area (Å²) in [5.74, 6) is 0. The number of hydrogen-bond acceptors (Lipinski definition) is 4. The summed E-state index contributed by atoms with van der Waals surface area (Å²) < 4.78 is 48.6. The van der Waals surface area contributed by atoms with Crippen LogP contribution in [0.1, 0.15) is 39.0 Å². The zero-order chi connectivity index (χ0) is 18.1. The molecule has 0 bridgehead atoms. The number of nitrogens with zero attached hydrogens (tertiary/aromatic N) is 2. The second kappa shape index (κ2) is 6.33. The fourth-order valence-corrected chi connectivity index (χ4v) is 2.12. The number of carbonyl (C=O) groups excluding carboxylic acids is 1. The highest BCUT2D eigenvalue weighted by molar-refractivity contribution is 5.82. The van der Waals surface area contributed by atoms with Crippen LogP contribution in [0, 0.1) is 0 Å². The molecular formula is C16H19F3N2O3. The molecule has 0 radical (unpaired) electrons. The van der Waals surface area contributed by atoms with Gasteiger partial charge in [-0.2, -0.15) is 13.2 Å². The lowest BCUT2D eigenvalue weighted by atomic mass is 10.1. The Hall–Kier alpha value is -2.25. The van der Waals surface area contributed by atoms with Crippen molar-refractivity contribution in [2.45, 2.75) is 45.5 Å². The predicted octanol–water partition coefficient (Wildman–Crippen LogP) is 4.05. The Kier molecular flexibility index (Phi) is 4.77. The van der Waals surface area contributed by atoms with E-state index in [4.69, 9.17) is 9.47 Å². The number of carbonyl (C=O) groups is 1. The summed E-state index contributed by atoms with van der Waals surface area (Å²) in [4.78, 5) is 17.6. The van der Waals surface area contributed by atoms with Crippen LogP contribution in [0.3, 0.4) is 0 Å². The van der Waals surface area contributed by atoms with Crippen molar-refractivity contribution in [3.8, 4) is 0 Å². The van der Waals surface area contributed by atoms with Gasteiger partial charge in [-0.25, -0.2) is 4.79 Å². The van der Waals surface area contributed by atoms with E-state index < -0.39 is 23.4 Å². The molecule has 0 aromatic carbocycles. The van der Waals surface area contributed by atoms with Crippen LogP contribution in [0.15, 0.2) is 24.6 Å². The zero-order valence-corrected chi connectivity index (χ0v) is 13.8. The SMILES string of the molecule is CC1COC=C(c2ccc(C(F)(F)F)cn2)N1C(=O)OC(C)(C)C. The summed E-state index contributed by atoms with van der Waals surface area (Å²) in [5.41, 5.74) is -1.11. The molecule has 1 aliphatic rings. The molecular weight excluding hydrogens is 325 g/mol. The first-order chi connectivity index (χ1) is 11.0. The highest BCUT2D eigenvalue weighted by Gasteiger charge is 2.34. The summed E-state index contributed by atoms with van der Waals surface area (Å²) in [5, 5.41) is 0. The van der Waals surface area contributed by atoms with Crippen LogP contribution in [0.4, 0.5) is 18.0 Å². The topological polar surface area (TPSA) is 51.7 Å². The Morgan fingerprint density at radius 3 is 2.50 bits per heavy atom. The van der Waals surface area contributed by atoms with E-state index in [1.165, 1.54) is 17.2 Å². The monoisotopic (exact) mass is 344 g/mol. The molecule has 1 atom stereocenters. The van der Waals surface area contributed by atoms with Crippen LogP contribution in [-0.4, -0.2) is 34.2 Å². The fraction of sp³-hybridized carbons (Fsp3) is 0.500. The summed E-state index contributed by atoms with van der Waals surface area (Å²) >= 11 is 0. The number of hydrogen-bond donors (Lipinski definition) is 0. The van der Waals surface area contributed by atoms with Crippen molar-refractivity contribution in [3.63, 3.8) is 0 Å². The molecule has 0 saturated heterocycles. The molecule has 0 fully saturated rings. The van der Waals surface area contributed by atoms with E-state index in [1.54, 1.807) is 27.7 Å². The number of rotatable bonds is 1. The van der Waals surface area contributed by atoms with Crippen LogP contribution in [0.25, 0.3) is 5.70 Å². The van der Waals surface area contributed by atoms with Gasteiger partial charge in [0.25, 0.3) is 0 Å². The lowest BCUT2D eigenvalue weighted by molar-refractivity contribution is -0.137. The highest BCUT2D eigenvalue weighted by Crippen LogP contribution is 2.31. The van der Waals surface area contributed by atoms with E-state index in [2.05, 4.69) is 4.98 Å². The van der Waals surface area contributed by atoms with Gasteiger partial charge in [0.15, 0.2) is 0 Å². The normalized spacial score (nSPS) is 18.7. The van der Waals surface area contributed by atoms with E-state index in [1.807, 2.05) is 0 Å². The molecule has 2 rings (SSSR count). The number of alkyl halides is 3. The van der Waals surface area contributed by atoms with Gasteiger partial charge in [-0.05, 0) is 39.8 Å². The average molecular weight is 344 g/mol. The van der Waals surface area contributed by atoms with Crippen LogP contribution >= 0.6 is 0 Å².